The maximum atomic E-state index is 11.3. The number of carbonyl (C=O) groups excluding carboxylic acids is 1. The van der Waals surface area contributed by atoms with Crippen LogP contribution in [0.25, 0.3) is 6.08 Å². The molecule has 0 fully saturated rings. The highest BCUT2D eigenvalue weighted by molar-refractivity contribution is 5.87. The van der Waals surface area contributed by atoms with Crippen LogP contribution in [0, 0.1) is 6.92 Å². The zero-order chi connectivity index (χ0) is 13.2. The van der Waals surface area contributed by atoms with Gasteiger partial charge in [0, 0.05) is 6.08 Å². The zero-order valence-corrected chi connectivity index (χ0v) is 10.5. The van der Waals surface area contributed by atoms with Crippen molar-refractivity contribution in [2.24, 2.45) is 0 Å². The van der Waals surface area contributed by atoms with E-state index in [-0.39, 0.29) is 19.8 Å². The van der Waals surface area contributed by atoms with Crippen LogP contribution in [-0.2, 0) is 14.3 Å². The molecule has 0 atom stereocenters. The minimum absolute atomic E-state index is 0.0267. The fraction of sp³-hybridized carbons (Fsp3) is 0.357. The molecule has 0 aliphatic rings. The van der Waals surface area contributed by atoms with E-state index in [0.29, 0.717) is 6.61 Å². The maximum Gasteiger partial charge on any atom is 0.330 e. The molecule has 1 rings (SSSR count). The summed E-state index contributed by atoms with van der Waals surface area (Å²) in [6.45, 7) is 2.70. The Morgan fingerprint density at radius 2 is 2.06 bits per heavy atom. The van der Waals surface area contributed by atoms with Crippen LogP contribution in [0.3, 0.4) is 0 Å². The van der Waals surface area contributed by atoms with Crippen LogP contribution in [0.4, 0.5) is 0 Å². The van der Waals surface area contributed by atoms with E-state index >= 15 is 0 Å². The lowest BCUT2D eigenvalue weighted by atomic mass is 10.1. The highest BCUT2D eigenvalue weighted by Crippen LogP contribution is 2.08. The third-order valence-corrected chi connectivity index (χ3v) is 2.30. The van der Waals surface area contributed by atoms with Crippen molar-refractivity contribution < 1.29 is 19.4 Å². The fourth-order valence-electron chi connectivity index (χ4n) is 1.35. The minimum Gasteiger partial charge on any atom is -0.460 e. The van der Waals surface area contributed by atoms with Crippen LogP contribution in [0.5, 0.6) is 0 Å². The van der Waals surface area contributed by atoms with Gasteiger partial charge in [-0.2, -0.15) is 0 Å². The molecule has 0 heterocycles. The van der Waals surface area contributed by atoms with Gasteiger partial charge in [0.05, 0.1) is 19.8 Å². The van der Waals surface area contributed by atoms with Crippen molar-refractivity contribution in [2.75, 3.05) is 26.4 Å². The minimum atomic E-state index is -0.397. The van der Waals surface area contributed by atoms with E-state index in [9.17, 15) is 4.79 Å². The van der Waals surface area contributed by atoms with Gasteiger partial charge < -0.3 is 14.6 Å². The standard InChI is InChI=1S/C14H18O4/c1-12-4-2-3-5-13(12)6-7-14(16)18-11-10-17-9-8-15/h2-7,15H,8-11H2,1H3/b7-6+. The molecule has 0 aliphatic heterocycles. The maximum absolute atomic E-state index is 11.3. The predicted molar refractivity (Wildman–Crippen MR) is 69.1 cm³/mol. The summed E-state index contributed by atoms with van der Waals surface area (Å²) >= 11 is 0. The number of carbonyl (C=O) groups is 1. The summed E-state index contributed by atoms with van der Waals surface area (Å²) < 4.78 is 9.88. The highest BCUT2D eigenvalue weighted by atomic mass is 16.6. The van der Waals surface area contributed by atoms with E-state index in [2.05, 4.69) is 0 Å². The summed E-state index contributed by atoms with van der Waals surface area (Å²) in [5, 5.41) is 8.47. The summed E-state index contributed by atoms with van der Waals surface area (Å²) in [4.78, 5) is 11.3. The first-order chi connectivity index (χ1) is 8.74. The second-order valence-corrected chi connectivity index (χ2v) is 3.69. The molecule has 0 unspecified atom stereocenters. The highest BCUT2D eigenvalue weighted by Gasteiger charge is 1.98. The van der Waals surface area contributed by atoms with Gasteiger partial charge in [-0.1, -0.05) is 24.3 Å². The fourth-order valence-corrected chi connectivity index (χ4v) is 1.35. The lowest BCUT2D eigenvalue weighted by molar-refractivity contribution is -0.139. The third kappa shape index (κ3) is 5.61. The van der Waals surface area contributed by atoms with Gasteiger partial charge in [0.15, 0.2) is 0 Å². The van der Waals surface area contributed by atoms with E-state index in [1.54, 1.807) is 6.08 Å². The average molecular weight is 250 g/mol. The number of esters is 1. The second kappa shape index (κ2) is 8.44. The second-order valence-electron chi connectivity index (χ2n) is 3.69. The number of aryl methyl sites for hydroxylation is 1. The molecule has 0 aliphatic carbocycles. The van der Waals surface area contributed by atoms with E-state index in [1.165, 1.54) is 6.08 Å². The number of hydrogen-bond acceptors (Lipinski definition) is 4. The Labute approximate surface area is 107 Å². The molecule has 1 N–H and O–H groups in total. The van der Waals surface area contributed by atoms with Crippen molar-refractivity contribution in [3.8, 4) is 0 Å². The van der Waals surface area contributed by atoms with Crippen LogP contribution in [0.15, 0.2) is 30.3 Å². The van der Waals surface area contributed by atoms with Crippen LogP contribution in [-0.4, -0.2) is 37.5 Å². The van der Waals surface area contributed by atoms with Gasteiger partial charge in [-0.3, -0.25) is 0 Å². The van der Waals surface area contributed by atoms with Crippen molar-refractivity contribution in [1.29, 1.82) is 0 Å². The molecule has 4 nitrogen and oxygen atoms in total. The van der Waals surface area contributed by atoms with Gasteiger partial charge >= 0.3 is 5.97 Å². The number of aliphatic hydroxyl groups is 1. The monoisotopic (exact) mass is 250 g/mol. The lowest BCUT2D eigenvalue weighted by Crippen LogP contribution is -2.10. The van der Waals surface area contributed by atoms with Crippen molar-refractivity contribution in [3.05, 3.63) is 41.5 Å². The third-order valence-electron chi connectivity index (χ3n) is 2.30. The largest absolute Gasteiger partial charge is 0.460 e. The Morgan fingerprint density at radius 1 is 1.28 bits per heavy atom. The van der Waals surface area contributed by atoms with Gasteiger partial charge in [-0.25, -0.2) is 4.79 Å². The van der Waals surface area contributed by atoms with Crippen molar-refractivity contribution in [2.45, 2.75) is 6.92 Å². The molecular weight excluding hydrogens is 232 g/mol. The summed E-state index contributed by atoms with van der Waals surface area (Å²) in [5.74, 6) is -0.397. The van der Waals surface area contributed by atoms with Gasteiger partial charge in [0.2, 0.25) is 0 Å². The van der Waals surface area contributed by atoms with Crippen LogP contribution in [0.1, 0.15) is 11.1 Å². The Kier molecular flexibility index (Phi) is 6.76. The summed E-state index contributed by atoms with van der Waals surface area (Å²) in [5.41, 5.74) is 2.10. The smallest absolute Gasteiger partial charge is 0.330 e. The molecule has 4 heteroatoms. The Morgan fingerprint density at radius 3 is 2.78 bits per heavy atom. The Hall–Kier alpha value is -1.65. The molecule has 0 amide bonds. The van der Waals surface area contributed by atoms with Crippen molar-refractivity contribution in [3.63, 3.8) is 0 Å². The summed E-state index contributed by atoms with van der Waals surface area (Å²) in [7, 11) is 0. The molecule has 0 radical (unpaired) electrons. The molecular formula is C14H18O4. The molecule has 0 spiro atoms. The number of rotatable bonds is 7. The van der Waals surface area contributed by atoms with Gasteiger partial charge in [-0.05, 0) is 24.1 Å². The topological polar surface area (TPSA) is 55.8 Å². The number of benzene rings is 1. The first-order valence-corrected chi connectivity index (χ1v) is 5.83. The molecule has 18 heavy (non-hydrogen) atoms. The number of hydrogen-bond donors (Lipinski definition) is 1. The number of aliphatic hydroxyl groups excluding tert-OH is 1. The average Bonchev–Trinajstić information content (AvgIpc) is 2.37. The van der Waals surface area contributed by atoms with Gasteiger partial charge in [0.1, 0.15) is 6.61 Å². The molecule has 1 aromatic carbocycles. The van der Waals surface area contributed by atoms with Crippen LogP contribution in [0.2, 0.25) is 0 Å². The molecule has 0 bridgehead atoms. The van der Waals surface area contributed by atoms with Crippen LogP contribution >= 0.6 is 0 Å². The predicted octanol–water partition coefficient (Wildman–Crippen LogP) is 1.56. The number of ether oxygens (including phenoxy) is 2. The molecule has 0 aromatic heterocycles. The van der Waals surface area contributed by atoms with Gasteiger partial charge in [0.25, 0.3) is 0 Å². The van der Waals surface area contributed by atoms with Crippen molar-refractivity contribution >= 4 is 12.0 Å². The first-order valence-electron chi connectivity index (χ1n) is 5.83. The Balaban J connectivity index is 2.30. The SMILES string of the molecule is Cc1ccccc1/C=C/C(=O)OCCOCCO. The van der Waals surface area contributed by atoms with E-state index in [1.807, 2.05) is 31.2 Å². The molecule has 0 saturated carbocycles. The van der Waals surface area contributed by atoms with Crippen LogP contribution < -0.4 is 0 Å². The summed E-state index contributed by atoms with van der Waals surface area (Å²) in [6, 6.07) is 7.78. The van der Waals surface area contributed by atoms with E-state index in [4.69, 9.17) is 14.6 Å². The van der Waals surface area contributed by atoms with E-state index < -0.39 is 5.97 Å². The van der Waals surface area contributed by atoms with Crippen molar-refractivity contribution in [1.82, 2.24) is 0 Å². The normalized spacial score (nSPS) is 10.8. The Bertz CT molecular complexity index is 399. The molecule has 1 aromatic rings. The quantitative estimate of drug-likeness (QED) is 0.453. The zero-order valence-electron chi connectivity index (χ0n) is 10.5. The molecule has 98 valence electrons. The summed E-state index contributed by atoms with van der Waals surface area (Å²) in [6.07, 6.45) is 3.13. The van der Waals surface area contributed by atoms with E-state index in [0.717, 1.165) is 11.1 Å². The van der Waals surface area contributed by atoms with Gasteiger partial charge in [-0.15, -0.1) is 0 Å². The lowest BCUT2D eigenvalue weighted by Gasteiger charge is -2.03. The molecule has 0 saturated heterocycles. The first kappa shape index (κ1) is 14.4.